The first-order chi connectivity index (χ1) is 10.0. The highest BCUT2D eigenvalue weighted by atomic mass is 35.5. The molecule has 0 saturated carbocycles. The number of hydrogen-bond acceptors (Lipinski definition) is 5. The average molecular weight is 369 g/mol. The summed E-state index contributed by atoms with van der Waals surface area (Å²) in [6.07, 6.45) is -2.57. The van der Waals surface area contributed by atoms with E-state index in [1.807, 2.05) is 12.1 Å². The maximum Gasteiger partial charge on any atom is 0.301 e. The Hall–Kier alpha value is -0.700. The molecule has 21 heavy (non-hydrogen) atoms. The molecule has 2 rings (SSSR count). The van der Waals surface area contributed by atoms with E-state index < -0.39 is 11.9 Å². The lowest BCUT2D eigenvalue weighted by molar-refractivity contribution is 0.373. The van der Waals surface area contributed by atoms with Crippen LogP contribution in [0, 0.1) is 0 Å². The maximum atomic E-state index is 12.6. The molecule has 1 heterocycles. The van der Waals surface area contributed by atoms with Gasteiger partial charge in [0.15, 0.2) is 14.5 Å². The zero-order chi connectivity index (χ0) is 15.2. The summed E-state index contributed by atoms with van der Waals surface area (Å²) >= 11 is 9.77. The predicted molar refractivity (Wildman–Crippen MR) is 81.2 cm³/mol. The first-order valence-electron chi connectivity index (χ1n) is 5.64. The summed E-state index contributed by atoms with van der Waals surface area (Å²) in [6, 6.07) is 7.29. The number of rotatable bonds is 6. The van der Waals surface area contributed by atoms with Crippen molar-refractivity contribution in [2.45, 2.75) is 20.0 Å². The van der Waals surface area contributed by atoms with Crippen LogP contribution in [0.1, 0.15) is 6.42 Å². The minimum atomic E-state index is -2.26. The van der Waals surface area contributed by atoms with Crippen LogP contribution in [0.2, 0.25) is 5.02 Å². The third-order valence-electron chi connectivity index (χ3n) is 2.16. The fraction of sp³-hybridized carbons (Fsp3) is 0.167. The average Bonchev–Trinajstić information content (AvgIpc) is 2.89. The molecule has 0 amide bonds. The van der Waals surface area contributed by atoms with Gasteiger partial charge in [-0.2, -0.15) is 8.78 Å². The monoisotopic (exact) mass is 368 g/mol. The highest BCUT2D eigenvalue weighted by molar-refractivity contribution is 8.03. The second-order valence-electron chi connectivity index (χ2n) is 3.65. The van der Waals surface area contributed by atoms with E-state index in [1.165, 1.54) is 34.9 Å². The highest BCUT2D eigenvalue weighted by Gasteiger charge is 2.09. The maximum absolute atomic E-state index is 12.6. The molecular weight excluding hydrogens is 361 g/mol. The molecule has 0 aliphatic carbocycles. The second kappa shape index (κ2) is 8.07. The van der Waals surface area contributed by atoms with Crippen molar-refractivity contribution in [3.8, 4) is 0 Å². The van der Waals surface area contributed by atoms with Crippen LogP contribution in [-0.4, -0.2) is 16.0 Å². The van der Waals surface area contributed by atoms with Gasteiger partial charge in [-0.3, -0.25) is 0 Å². The van der Waals surface area contributed by atoms with Crippen LogP contribution < -0.4 is 0 Å². The molecule has 1 aromatic carbocycles. The standard InChI is InChI=1S/C12H8ClF3N2S3/c13-7-1-3-8(4-2-7)20-12-18-17-11(21-12)19-6-5-9(14)10(15)16/h1-4H,5-6H2. The highest BCUT2D eigenvalue weighted by Crippen LogP contribution is 2.34. The number of thioether (sulfide) groups is 1. The molecule has 0 aliphatic rings. The fourth-order valence-corrected chi connectivity index (χ4v) is 4.34. The molecular formula is C12H8ClF3N2S3. The van der Waals surface area contributed by atoms with Crippen molar-refractivity contribution < 1.29 is 13.2 Å². The molecule has 1 aromatic heterocycles. The lowest BCUT2D eigenvalue weighted by atomic mass is 10.4. The van der Waals surface area contributed by atoms with Gasteiger partial charge in [-0.1, -0.05) is 46.5 Å². The second-order valence-corrected chi connectivity index (χ2v) is 7.73. The van der Waals surface area contributed by atoms with Gasteiger partial charge >= 0.3 is 6.08 Å². The van der Waals surface area contributed by atoms with Crippen LogP contribution in [0.3, 0.4) is 0 Å². The van der Waals surface area contributed by atoms with Crippen molar-refractivity contribution in [3.05, 3.63) is 41.2 Å². The summed E-state index contributed by atoms with van der Waals surface area (Å²) in [4.78, 5) is 0.973. The SMILES string of the molecule is FC(F)=C(F)CCSc1nnc(Sc2ccc(Cl)cc2)s1. The van der Waals surface area contributed by atoms with E-state index in [0.29, 0.717) is 9.36 Å². The van der Waals surface area contributed by atoms with E-state index >= 15 is 0 Å². The number of hydrogen-bond donors (Lipinski definition) is 0. The van der Waals surface area contributed by atoms with E-state index in [0.717, 1.165) is 9.24 Å². The van der Waals surface area contributed by atoms with Gasteiger partial charge in [0.2, 0.25) is 0 Å². The van der Waals surface area contributed by atoms with E-state index in [1.54, 1.807) is 12.1 Å². The van der Waals surface area contributed by atoms with Crippen molar-refractivity contribution in [1.82, 2.24) is 10.2 Å². The van der Waals surface area contributed by atoms with Gasteiger partial charge in [0.05, 0.1) is 0 Å². The van der Waals surface area contributed by atoms with E-state index in [9.17, 15) is 13.2 Å². The van der Waals surface area contributed by atoms with E-state index in [-0.39, 0.29) is 12.2 Å². The molecule has 0 saturated heterocycles. The largest absolute Gasteiger partial charge is 0.301 e. The van der Waals surface area contributed by atoms with Crippen LogP contribution in [-0.2, 0) is 0 Å². The first-order valence-corrected chi connectivity index (χ1v) is 8.63. The van der Waals surface area contributed by atoms with Crippen molar-refractivity contribution in [2.24, 2.45) is 0 Å². The molecule has 0 bridgehead atoms. The molecule has 0 unspecified atom stereocenters. The van der Waals surface area contributed by atoms with Crippen molar-refractivity contribution >= 4 is 46.5 Å². The van der Waals surface area contributed by atoms with Gasteiger partial charge in [0, 0.05) is 22.1 Å². The Morgan fingerprint density at radius 3 is 2.43 bits per heavy atom. The molecule has 0 spiro atoms. The minimum absolute atomic E-state index is 0.198. The summed E-state index contributed by atoms with van der Waals surface area (Å²) in [5.74, 6) is -1.17. The lowest BCUT2D eigenvalue weighted by Crippen LogP contribution is -1.82. The Morgan fingerprint density at radius 1 is 1.10 bits per heavy atom. The van der Waals surface area contributed by atoms with Gasteiger partial charge in [0.25, 0.3) is 0 Å². The Morgan fingerprint density at radius 2 is 1.76 bits per heavy atom. The smallest absolute Gasteiger partial charge is 0.206 e. The summed E-state index contributed by atoms with van der Waals surface area (Å²) < 4.78 is 37.7. The number of nitrogens with zero attached hydrogens (tertiary/aromatic N) is 2. The zero-order valence-corrected chi connectivity index (χ0v) is 13.6. The summed E-state index contributed by atoms with van der Waals surface area (Å²) in [6.45, 7) is 0. The number of halogens is 4. The molecule has 2 nitrogen and oxygen atoms in total. The van der Waals surface area contributed by atoms with Gasteiger partial charge in [0.1, 0.15) is 0 Å². The molecule has 112 valence electrons. The van der Waals surface area contributed by atoms with Crippen LogP contribution in [0.25, 0.3) is 0 Å². The van der Waals surface area contributed by atoms with E-state index in [4.69, 9.17) is 11.6 Å². The summed E-state index contributed by atoms with van der Waals surface area (Å²) in [7, 11) is 0. The van der Waals surface area contributed by atoms with Crippen molar-refractivity contribution in [1.29, 1.82) is 0 Å². The molecule has 0 radical (unpaired) electrons. The van der Waals surface area contributed by atoms with Gasteiger partial charge in [-0.25, -0.2) is 4.39 Å². The number of aromatic nitrogens is 2. The van der Waals surface area contributed by atoms with Crippen LogP contribution in [0.5, 0.6) is 0 Å². The number of allylic oxidation sites excluding steroid dienone is 1. The fourth-order valence-electron chi connectivity index (χ4n) is 1.22. The quantitative estimate of drug-likeness (QED) is 0.592. The third kappa shape index (κ3) is 5.54. The molecule has 0 atom stereocenters. The Kier molecular flexibility index (Phi) is 6.40. The molecule has 2 aromatic rings. The van der Waals surface area contributed by atoms with E-state index in [2.05, 4.69) is 10.2 Å². The van der Waals surface area contributed by atoms with Crippen LogP contribution >= 0.6 is 46.5 Å². The van der Waals surface area contributed by atoms with Crippen LogP contribution in [0.4, 0.5) is 13.2 Å². The summed E-state index contributed by atoms with van der Waals surface area (Å²) in [5, 5.41) is 8.58. The van der Waals surface area contributed by atoms with Crippen molar-refractivity contribution in [3.63, 3.8) is 0 Å². The lowest BCUT2D eigenvalue weighted by Gasteiger charge is -1.96. The molecule has 9 heteroatoms. The first kappa shape index (κ1) is 16.7. The van der Waals surface area contributed by atoms with Gasteiger partial charge in [-0.15, -0.1) is 10.2 Å². The Bertz CT molecular complexity index is 627. The molecule has 0 aliphatic heterocycles. The summed E-state index contributed by atoms with van der Waals surface area (Å²) in [5.41, 5.74) is 0. The van der Waals surface area contributed by atoms with Gasteiger partial charge in [-0.05, 0) is 24.3 Å². The normalized spacial score (nSPS) is 10.7. The Labute approximate surface area is 136 Å². The molecule has 0 N–H and O–H groups in total. The third-order valence-corrected chi connectivity index (χ3v) is 5.53. The van der Waals surface area contributed by atoms with Gasteiger partial charge < -0.3 is 0 Å². The van der Waals surface area contributed by atoms with Crippen LogP contribution in [0.15, 0.2) is 49.7 Å². The Balaban J connectivity index is 1.87. The predicted octanol–water partition coefficient (Wildman–Crippen LogP) is 5.90. The van der Waals surface area contributed by atoms with Crippen molar-refractivity contribution in [2.75, 3.05) is 5.75 Å². The topological polar surface area (TPSA) is 25.8 Å². The minimum Gasteiger partial charge on any atom is -0.206 e. The molecule has 0 fully saturated rings. The number of benzene rings is 1. The zero-order valence-electron chi connectivity index (χ0n) is 10.4.